The third kappa shape index (κ3) is 9.26. The van der Waals surface area contributed by atoms with Gasteiger partial charge < -0.3 is 4.74 Å². The standard InChI is InChI=1S/C16H28O2/c17-16-14-12-10-8-6-4-2-1-3-5-7-9-11-13-15-18-16/h6,8H,1-5,7,9-15H2/b8-6+. The van der Waals surface area contributed by atoms with Gasteiger partial charge >= 0.3 is 5.97 Å². The predicted octanol–water partition coefficient (Wildman–Crippen LogP) is 4.78. The first-order valence-corrected chi connectivity index (χ1v) is 7.70. The summed E-state index contributed by atoms with van der Waals surface area (Å²) >= 11 is 0. The van der Waals surface area contributed by atoms with E-state index in [9.17, 15) is 4.79 Å². The topological polar surface area (TPSA) is 26.3 Å². The minimum atomic E-state index is -0.0206. The van der Waals surface area contributed by atoms with Crippen molar-refractivity contribution < 1.29 is 9.53 Å². The summed E-state index contributed by atoms with van der Waals surface area (Å²) in [4.78, 5) is 11.4. The fraction of sp³-hybridized carbons (Fsp3) is 0.812. The zero-order valence-corrected chi connectivity index (χ0v) is 11.7. The van der Waals surface area contributed by atoms with Gasteiger partial charge in [-0.3, -0.25) is 4.79 Å². The van der Waals surface area contributed by atoms with Crippen molar-refractivity contribution in [2.24, 2.45) is 0 Å². The number of hydrogen-bond acceptors (Lipinski definition) is 2. The van der Waals surface area contributed by atoms with Gasteiger partial charge in [0.2, 0.25) is 0 Å². The zero-order chi connectivity index (χ0) is 12.9. The summed E-state index contributed by atoms with van der Waals surface area (Å²) in [5.74, 6) is -0.0206. The zero-order valence-electron chi connectivity index (χ0n) is 11.7. The molecule has 0 N–H and O–H groups in total. The van der Waals surface area contributed by atoms with Crippen molar-refractivity contribution in [3.63, 3.8) is 0 Å². The number of cyclic esters (lactones) is 1. The maximum absolute atomic E-state index is 11.4. The molecule has 2 nitrogen and oxygen atoms in total. The maximum atomic E-state index is 11.4. The molecular weight excluding hydrogens is 224 g/mol. The smallest absolute Gasteiger partial charge is 0.305 e. The van der Waals surface area contributed by atoms with Crippen molar-refractivity contribution in [3.8, 4) is 0 Å². The largest absolute Gasteiger partial charge is 0.466 e. The lowest BCUT2D eigenvalue weighted by molar-refractivity contribution is -0.143. The van der Waals surface area contributed by atoms with E-state index >= 15 is 0 Å². The Balaban J connectivity index is 2.18. The molecule has 0 aromatic heterocycles. The van der Waals surface area contributed by atoms with Crippen LogP contribution in [0.4, 0.5) is 0 Å². The molecule has 0 unspecified atom stereocenters. The SMILES string of the molecule is O=C1CCC/C=C/CCCCCCCCCCO1. The van der Waals surface area contributed by atoms with E-state index in [-0.39, 0.29) is 5.97 Å². The van der Waals surface area contributed by atoms with Crippen molar-refractivity contribution >= 4 is 5.97 Å². The van der Waals surface area contributed by atoms with E-state index in [1.807, 2.05) is 0 Å². The minimum absolute atomic E-state index is 0.0206. The molecule has 0 bridgehead atoms. The first-order chi connectivity index (χ1) is 8.89. The molecule has 2 heteroatoms. The summed E-state index contributed by atoms with van der Waals surface area (Å²) in [6.07, 6.45) is 18.5. The summed E-state index contributed by atoms with van der Waals surface area (Å²) in [5, 5.41) is 0. The number of carbonyl (C=O) groups is 1. The van der Waals surface area contributed by atoms with E-state index < -0.39 is 0 Å². The van der Waals surface area contributed by atoms with Crippen LogP contribution >= 0.6 is 0 Å². The molecule has 0 saturated carbocycles. The van der Waals surface area contributed by atoms with Crippen LogP contribution in [0.5, 0.6) is 0 Å². The van der Waals surface area contributed by atoms with E-state index in [0.29, 0.717) is 13.0 Å². The van der Waals surface area contributed by atoms with Gasteiger partial charge in [0.05, 0.1) is 6.61 Å². The Morgan fingerprint density at radius 1 is 0.722 bits per heavy atom. The van der Waals surface area contributed by atoms with Gasteiger partial charge in [-0.25, -0.2) is 0 Å². The predicted molar refractivity (Wildman–Crippen MR) is 75.5 cm³/mol. The van der Waals surface area contributed by atoms with Crippen LogP contribution < -0.4 is 0 Å². The average molecular weight is 252 g/mol. The molecule has 1 heterocycles. The van der Waals surface area contributed by atoms with Crippen molar-refractivity contribution in [2.75, 3.05) is 6.61 Å². The molecule has 0 aromatic rings. The molecular formula is C16H28O2. The second kappa shape index (κ2) is 11.3. The fourth-order valence-electron chi connectivity index (χ4n) is 2.28. The van der Waals surface area contributed by atoms with Crippen LogP contribution in [0, 0.1) is 0 Å². The molecule has 0 atom stereocenters. The molecule has 0 radical (unpaired) electrons. The summed E-state index contributed by atoms with van der Waals surface area (Å²) in [5.41, 5.74) is 0. The first kappa shape index (κ1) is 15.3. The van der Waals surface area contributed by atoms with Crippen molar-refractivity contribution in [2.45, 2.75) is 77.0 Å². The van der Waals surface area contributed by atoms with Crippen LogP contribution in [-0.4, -0.2) is 12.6 Å². The van der Waals surface area contributed by atoms with E-state index in [1.54, 1.807) is 0 Å². The molecule has 1 aliphatic rings. The highest BCUT2D eigenvalue weighted by Crippen LogP contribution is 2.11. The highest BCUT2D eigenvalue weighted by Gasteiger charge is 2.01. The molecule has 0 fully saturated rings. The first-order valence-electron chi connectivity index (χ1n) is 7.70. The third-order valence-electron chi connectivity index (χ3n) is 3.45. The summed E-state index contributed by atoms with van der Waals surface area (Å²) in [7, 11) is 0. The van der Waals surface area contributed by atoms with Crippen molar-refractivity contribution in [1.29, 1.82) is 0 Å². The van der Waals surface area contributed by atoms with Gasteiger partial charge in [-0.05, 0) is 32.1 Å². The van der Waals surface area contributed by atoms with E-state index in [2.05, 4.69) is 12.2 Å². The number of carbonyl (C=O) groups excluding carboxylic acids is 1. The Hall–Kier alpha value is -0.790. The van der Waals surface area contributed by atoms with E-state index in [0.717, 1.165) is 19.3 Å². The molecule has 104 valence electrons. The molecule has 0 saturated heterocycles. The van der Waals surface area contributed by atoms with Gasteiger partial charge in [-0.15, -0.1) is 0 Å². The van der Waals surface area contributed by atoms with Crippen LogP contribution in [0.25, 0.3) is 0 Å². The number of hydrogen-bond donors (Lipinski definition) is 0. The molecule has 0 amide bonds. The monoisotopic (exact) mass is 252 g/mol. The van der Waals surface area contributed by atoms with E-state index in [4.69, 9.17) is 4.74 Å². The molecule has 0 aliphatic carbocycles. The number of allylic oxidation sites excluding steroid dienone is 2. The second-order valence-electron chi connectivity index (χ2n) is 5.20. The van der Waals surface area contributed by atoms with Crippen LogP contribution in [0.2, 0.25) is 0 Å². The Labute approximate surface area is 112 Å². The summed E-state index contributed by atoms with van der Waals surface area (Å²) < 4.78 is 5.20. The maximum Gasteiger partial charge on any atom is 0.305 e. The van der Waals surface area contributed by atoms with Gasteiger partial charge in [0.15, 0.2) is 0 Å². The van der Waals surface area contributed by atoms with Crippen LogP contribution in [0.15, 0.2) is 12.2 Å². The van der Waals surface area contributed by atoms with Crippen molar-refractivity contribution in [3.05, 3.63) is 12.2 Å². The number of ether oxygens (including phenoxy) is 1. The van der Waals surface area contributed by atoms with Gasteiger partial charge in [0.25, 0.3) is 0 Å². The van der Waals surface area contributed by atoms with Crippen LogP contribution in [0.3, 0.4) is 0 Å². The van der Waals surface area contributed by atoms with E-state index in [1.165, 1.54) is 51.4 Å². The van der Waals surface area contributed by atoms with Crippen LogP contribution in [0.1, 0.15) is 77.0 Å². The average Bonchev–Trinajstić information content (AvgIpc) is 2.37. The van der Waals surface area contributed by atoms with Crippen molar-refractivity contribution in [1.82, 2.24) is 0 Å². The quantitative estimate of drug-likeness (QED) is 0.458. The summed E-state index contributed by atoms with van der Waals surface area (Å²) in [6.45, 7) is 0.620. The number of esters is 1. The lowest BCUT2D eigenvalue weighted by Gasteiger charge is -2.04. The van der Waals surface area contributed by atoms with Gasteiger partial charge in [0.1, 0.15) is 0 Å². The van der Waals surface area contributed by atoms with Gasteiger partial charge in [-0.1, -0.05) is 50.7 Å². The Bertz CT molecular complexity index is 233. The molecule has 1 rings (SSSR count). The van der Waals surface area contributed by atoms with Gasteiger partial charge in [-0.2, -0.15) is 0 Å². The Morgan fingerprint density at radius 3 is 2.00 bits per heavy atom. The van der Waals surface area contributed by atoms with Gasteiger partial charge in [0, 0.05) is 6.42 Å². The Kier molecular flexibility index (Phi) is 9.59. The molecule has 1 aliphatic heterocycles. The van der Waals surface area contributed by atoms with Crippen LogP contribution in [-0.2, 0) is 9.53 Å². The Morgan fingerprint density at radius 2 is 1.28 bits per heavy atom. The lowest BCUT2D eigenvalue weighted by atomic mass is 10.1. The second-order valence-corrected chi connectivity index (χ2v) is 5.20. The lowest BCUT2D eigenvalue weighted by Crippen LogP contribution is -2.05. The highest BCUT2D eigenvalue weighted by molar-refractivity contribution is 5.69. The summed E-state index contributed by atoms with van der Waals surface area (Å²) in [6, 6.07) is 0. The minimum Gasteiger partial charge on any atom is -0.466 e. The molecule has 0 aromatic carbocycles. The normalized spacial score (nSPS) is 23.9. The highest BCUT2D eigenvalue weighted by atomic mass is 16.5. The molecule has 0 spiro atoms. The fourth-order valence-corrected chi connectivity index (χ4v) is 2.28. The molecule has 18 heavy (non-hydrogen) atoms. The number of rotatable bonds is 0. The third-order valence-corrected chi connectivity index (χ3v) is 3.45.